The normalized spacial score (nSPS) is 11.3. The van der Waals surface area contributed by atoms with Crippen molar-refractivity contribution >= 4 is 40.9 Å². The standard InChI is InChI=1S/C20H21N3O6S/c1-13(30-17-10-8-16(9-11-17)23(27)28)20(26)29-12-18(24)21-15-6-4-14(5-7-15)19(25)22(2)3/h4-11,13H,12H2,1-3H3,(H,21,24). The van der Waals surface area contributed by atoms with Crippen LogP contribution in [-0.4, -0.2) is 53.6 Å². The van der Waals surface area contributed by atoms with E-state index in [2.05, 4.69) is 5.32 Å². The zero-order valence-electron chi connectivity index (χ0n) is 16.7. The number of rotatable bonds is 8. The average Bonchev–Trinajstić information content (AvgIpc) is 2.72. The molecule has 158 valence electrons. The number of benzene rings is 2. The number of nitrogens with zero attached hydrogens (tertiary/aromatic N) is 2. The highest BCUT2D eigenvalue weighted by Gasteiger charge is 2.18. The molecular weight excluding hydrogens is 410 g/mol. The fraction of sp³-hybridized carbons (Fsp3) is 0.250. The fourth-order valence-electron chi connectivity index (χ4n) is 2.30. The lowest BCUT2D eigenvalue weighted by molar-refractivity contribution is -0.384. The molecule has 0 saturated carbocycles. The number of anilines is 1. The molecule has 10 heteroatoms. The molecule has 0 fully saturated rings. The molecule has 0 saturated heterocycles. The Morgan fingerprint density at radius 2 is 1.70 bits per heavy atom. The van der Waals surface area contributed by atoms with E-state index in [-0.39, 0.29) is 11.6 Å². The van der Waals surface area contributed by atoms with Crippen molar-refractivity contribution in [1.82, 2.24) is 4.90 Å². The van der Waals surface area contributed by atoms with Crippen LogP contribution in [-0.2, 0) is 14.3 Å². The molecule has 0 aromatic heterocycles. The van der Waals surface area contributed by atoms with E-state index in [1.807, 2.05) is 0 Å². The number of nitro benzene ring substituents is 1. The van der Waals surface area contributed by atoms with Crippen molar-refractivity contribution < 1.29 is 24.0 Å². The number of hydrogen-bond acceptors (Lipinski definition) is 7. The van der Waals surface area contributed by atoms with Crippen LogP contribution in [0.4, 0.5) is 11.4 Å². The number of thioether (sulfide) groups is 1. The zero-order chi connectivity index (χ0) is 22.3. The van der Waals surface area contributed by atoms with Crippen LogP contribution in [0, 0.1) is 10.1 Å². The Kier molecular flexibility index (Phi) is 7.93. The van der Waals surface area contributed by atoms with Crippen LogP contribution in [0.1, 0.15) is 17.3 Å². The van der Waals surface area contributed by atoms with Gasteiger partial charge in [0.15, 0.2) is 6.61 Å². The van der Waals surface area contributed by atoms with Gasteiger partial charge in [-0.2, -0.15) is 0 Å². The van der Waals surface area contributed by atoms with E-state index >= 15 is 0 Å². The first-order valence-corrected chi connectivity index (χ1v) is 9.74. The second kappa shape index (κ2) is 10.4. The number of non-ortho nitro benzene ring substituents is 1. The summed E-state index contributed by atoms with van der Waals surface area (Å²) in [5.41, 5.74) is 0.923. The maximum atomic E-state index is 12.1. The van der Waals surface area contributed by atoms with Gasteiger partial charge in [0, 0.05) is 42.4 Å². The Morgan fingerprint density at radius 1 is 1.10 bits per heavy atom. The van der Waals surface area contributed by atoms with Crippen LogP contribution in [0.5, 0.6) is 0 Å². The summed E-state index contributed by atoms with van der Waals surface area (Å²) < 4.78 is 5.02. The first kappa shape index (κ1) is 22.9. The Morgan fingerprint density at radius 3 is 2.23 bits per heavy atom. The number of carbonyl (C=O) groups is 3. The monoisotopic (exact) mass is 431 g/mol. The van der Waals surface area contributed by atoms with Gasteiger partial charge >= 0.3 is 5.97 Å². The van der Waals surface area contributed by atoms with Crippen LogP contribution in [0.2, 0.25) is 0 Å². The van der Waals surface area contributed by atoms with Crippen molar-refractivity contribution in [3.05, 3.63) is 64.2 Å². The summed E-state index contributed by atoms with van der Waals surface area (Å²) in [4.78, 5) is 48.2. The maximum Gasteiger partial charge on any atom is 0.319 e. The van der Waals surface area contributed by atoms with Gasteiger partial charge in [0.2, 0.25) is 0 Å². The molecule has 0 aliphatic carbocycles. The lowest BCUT2D eigenvalue weighted by Crippen LogP contribution is -2.25. The quantitative estimate of drug-likeness (QED) is 0.295. The minimum atomic E-state index is -0.601. The van der Waals surface area contributed by atoms with Gasteiger partial charge < -0.3 is 15.0 Å². The molecular formula is C20H21N3O6S. The van der Waals surface area contributed by atoms with Gasteiger partial charge in [-0.1, -0.05) is 0 Å². The van der Waals surface area contributed by atoms with Crippen molar-refractivity contribution in [2.24, 2.45) is 0 Å². The SMILES string of the molecule is CC(Sc1ccc([N+](=O)[O-])cc1)C(=O)OCC(=O)Nc1ccc(C(=O)N(C)C)cc1. The van der Waals surface area contributed by atoms with Crippen molar-refractivity contribution in [1.29, 1.82) is 0 Å². The Bertz CT molecular complexity index is 929. The van der Waals surface area contributed by atoms with Gasteiger partial charge in [0.05, 0.1) is 4.92 Å². The molecule has 0 heterocycles. The number of esters is 1. The number of nitro groups is 1. The number of hydrogen-bond donors (Lipinski definition) is 1. The molecule has 1 N–H and O–H groups in total. The van der Waals surface area contributed by atoms with E-state index in [4.69, 9.17) is 4.74 Å². The van der Waals surface area contributed by atoms with Crippen LogP contribution < -0.4 is 5.32 Å². The number of amides is 2. The lowest BCUT2D eigenvalue weighted by atomic mass is 10.2. The van der Waals surface area contributed by atoms with E-state index in [1.54, 1.807) is 57.4 Å². The minimum Gasteiger partial charge on any atom is -0.455 e. The van der Waals surface area contributed by atoms with Gasteiger partial charge in [-0.15, -0.1) is 11.8 Å². The molecule has 2 aromatic carbocycles. The van der Waals surface area contributed by atoms with E-state index in [1.165, 1.54) is 28.8 Å². The average molecular weight is 431 g/mol. The Balaban J connectivity index is 1.81. The lowest BCUT2D eigenvalue weighted by Gasteiger charge is -2.12. The van der Waals surface area contributed by atoms with Gasteiger partial charge in [0.1, 0.15) is 5.25 Å². The van der Waals surface area contributed by atoms with Gasteiger partial charge in [-0.25, -0.2) is 0 Å². The Labute approximate surface area is 177 Å². The third-order valence-electron chi connectivity index (χ3n) is 3.86. The molecule has 1 unspecified atom stereocenters. The van der Waals surface area contributed by atoms with Crippen molar-refractivity contribution in [2.75, 3.05) is 26.0 Å². The minimum absolute atomic E-state index is 0.0367. The zero-order valence-corrected chi connectivity index (χ0v) is 17.5. The smallest absolute Gasteiger partial charge is 0.319 e. The van der Waals surface area contributed by atoms with E-state index in [0.29, 0.717) is 16.1 Å². The second-order valence-corrected chi connectivity index (χ2v) is 7.86. The van der Waals surface area contributed by atoms with Crippen molar-refractivity contribution in [2.45, 2.75) is 17.1 Å². The molecule has 9 nitrogen and oxygen atoms in total. The molecule has 0 aliphatic rings. The molecule has 2 aromatic rings. The molecule has 2 rings (SSSR count). The number of carbonyl (C=O) groups excluding carboxylic acids is 3. The van der Waals surface area contributed by atoms with Gasteiger partial charge in [-0.05, 0) is 43.3 Å². The molecule has 2 amide bonds. The number of ether oxygens (including phenoxy) is 1. The highest BCUT2D eigenvalue weighted by Crippen LogP contribution is 2.26. The summed E-state index contributed by atoms with van der Waals surface area (Å²) in [6.45, 7) is 1.16. The Hall–Kier alpha value is -3.40. The van der Waals surface area contributed by atoms with E-state index in [0.717, 1.165) is 0 Å². The van der Waals surface area contributed by atoms with Crippen molar-refractivity contribution in [3.8, 4) is 0 Å². The predicted molar refractivity (Wildman–Crippen MR) is 112 cm³/mol. The maximum absolute atomic E-state index is 12.1. The van der Waals surface area contributed by atoms with Crippen LogP contribution in [0.3, 0.4) is 0 Å². The van der Waals surface area contributed by atoms with E-state index < -0.39 is 28.7 Å². The van der Waals surface area contributed by atoms with Crippen LogP contribution in [0.15, 0.2) is 53.4 Å². The topological polar surface area (TPSA) is 119 Å². The first-order valence-electron chi connectivity index (χ1n) is 8.86. The van der Waals surface area contributed by atoms with Crippen molar-refractivity contribution in [3.63, 3.8) is 0 Å². The highest BCUT2D eigenvalue weighted by molar-refractivity contribution is 8.00. The van der Waals surface area contributed by atoms with Gasteiger partial charge in [-0.3, -0.25) is 24.5 Å². The molecule has 0 aliphatic heterocycles. The molecule has 30 heavy (non-hydrogen) atoms. The molecule has 0 radical (unpaired) electrons. The summed E-state index contributed by atoms with van der Waals surface area (Å²) in [7, 11) is 3.29. The summed E-state index contributed by atoms with van der Waals surface area (Å²) in [6, 6.07) is 12.1. The molecule has 0 spiro atoms. The first-order chi connectivity index (χ1) is 14.2. The fourth-order valence-corrected chi connectivity index (χ4v) is 3.17. The summed E-state index contributed by atoms with van der Waals surface area (Å²) in [6.07, 6.45) is 0. The summed E-state index contributed by atoms with van der Waals surface area (Å²) in [5.74, 6) is -1.25. The number of nitrogens with one attached hydrogen (secondary N) is 1. The summed E-state index contributed by atoms with van der Waals surface area (Å²) >= 11 is 1.17. The predicted octanol–water partition coefficient (Wildman–Crippen LogP) is 2.96. The largest absolute Gasteiger partial charge is 0.455 e. The third-order valence-corrected chi connectivity index (χ3v) is 4.95. The van der Waals surface area contributed by atoms with E-state index in [9.17, 15) is 24.5 Å². The van der Waals surface area contributed by atoms with Gasteiger partial charge in [0.25, 0.3) is 17.5 Å². The third kappa shape index (κ3) is 6.59. The summed E-state index contributed by atoms with van der Waals surface area (Å²) in [5, 5.41) is 12.7. The highest BCUT2D eigenvalue weighted by atomic mass is 32.2. The molecule has 0 bridgehead atoms. The second-order valence-electron chi connectivity index (χ2n) is 6.44. The van der Waals surface area contributed by atoms with Crippen LogP contribution >= 0.6 is 11.8 Å². The molecule has 1 atom stereocenters. The van der Waals surface area contributed by atoms with Crippen LogP contribution in [0.25, 0.3) is 0 Å².